The highest BCUT2D eigenvalue weighted by atomic mass is 19.4. The lowest BCUT2D eigenvalue weighted by molar-refractivity contribution is -0.138. The molecule has 10 heteroatoms. The molecule has 1 heterocycles. The van der Waals surface area contributed by atoms with Gasteiger partial charge in [-0.1, -0.05) is 0 Å². The van der Waals surface area contributed by atoms with Crippen molar-refractivity contribution in [3.05, 3.63) is 28.8 Å². The lowest BCUT2D eigenvalue weighted by atomic mass is 10.0. The van der Waals surface area contributed by atoms with Crippen molar-refractivity contribution in [1.82, 2.24) is 10.2 Å². The van der Waals surface area contributed by atoms with E-state index in [-0.39, 0.29) is 23.8 Å². The number of nitrogen functional groups attached to an aromatic ring is 1. The van der Waals surface area contributed by atoms with Gasteiger partial charge in [-0.3, -0.25) is 4.90 Å². The standard InChI is InChI=1S/C18H24F3N3O4/c1-17(2,3)28-16(27)23-11-4-5-24(9-11)8-10-6-14(22)12(15(25)26)7-13(10)18(19,20)21/h6-7,11H,4-5,8-9,22H2,1-3H3,(H,23,27)(H,25,26)/t11-/m0/s1. The van der Waals surface area contributed by atoms with Crippen LogP contribution < -0.4 is 11.1 Å². The lowest BCUT2D eigenvalue weighted by Crippen LogP contribution is -2.40. The maximum atomic E-state index is 13.4. The molecule has 1 fully saturated rings. The average Bonchev–Trinajstić information content (AvgIpc) is 2.90. The van der Waals surface area contributed by atoms with Gasteiger partial charge in [-0.15, -0.1) is 0 Å². The smallest absolute Gasteiger partial charge is 0.416 e. The topological polar surface area (TPSA) is 105 Å². The Hall–Kier alpha value is -2.49. The van der Waals surface area contributed by atoms with Crippen LogP contribution in [0.1, 0.15) is 48.7 Å². The maximum absolute atomic E-state index is 13.4. The minimum Gasteiger partial charge on any atom is -0.478 e. The van der Waals surface area contributed by atoms with Crippen LogP contribution in [0.3, 0.4) is 0 Å². The van der Waals surface area contributed by atoms with Crippen molar-refractivity contribution in [2.75, 3.05) is 18.8 Å². The Morgan fingerprint density at radius 3 is 2.50 bits per heavy atom. The number of benzene rings is 1. The van der Waals surface area contributed by atoms with E-state index in [1.165, 1.54) is 0 Å². The molecule has 1 aromatic rings. The number of hydrogen-bond acceptors (Lipinski definition) is 5. The quantitative estimate of drug-likeness (QED) is 0.668. The maximum Gasteiger partial charge on any atom is 0.416 e. The summed E-state index contributed by atoms with van der Waals surface area (Å²) in [6.07, 6.45) is -4.73. The van der Waals surface area contributed by atoms with Gasteiger partial charge in [0, 0.05) is 31.4 Å². The summed E-state index contributed by atoms with van der Waals surface area (Å²) in [6.45, 7) is 5.95. The molecule has 1 atom stereocenters. The minimum atomic E-state index is -4.71. The molecule has 4 N–H and O–H groups in total. The van der Waals surface area contributed by atoms with Crippen molar-refractivity contribution in [3.8, 4) is 0 Å². The Balaban J connectivity index is 2.11. The number of anilines is 1. The van der Waals surface area contributed by atoms with Crippen LogP contribution in [0.2, 0.25) is 0 Å². The van der Waals surface area contributed by atoms with Gasteiger partial charge in [0.1, 0.15) is 5.60 Å². The molecule has 2 rings (SSSR count). The van der Waals surface area contributed by atoms with Crippen molar-refractivity contribution >= 4 is 17.7 Å². The number of carboxylic acid groups (broad SMARTS) is 1. The van der Waals surface area contributed by atoms with Crippen LogP contribution in [0.5, 0.6) is 0 Å². The molecule has 0 aliphatic carbocycles. The monoisotopic (exact) mass is 403 g/mol. The molecule has 1 aliphatic rings. The van der Waals surface area contributed by atoms with Crippen LogP contribution in [0.4, 0.5) is 23.7 Å². The molecule has 0 radical (unpaired) electrons. The summed E-state index contributed by atoms with van der Waals surface area (Å²) in [4.78, 5) is 24.7. The highest BCUT2D eigenvalue weighted by molar-refractivity contribution is 5.94. The SMILES string of the molecule is CC(C)(C)OC(=O)N[C@H]1CCN(Cc2cc(N)c(C(=O)O)cc2C(F)(F)F)C1. The Labute approximate surface area is 160 Å². The first-order valence-corrected chi connectivity index (χ1v) is 8.71. The number of alkyl carbamates (subject to hydrolysis) is 1. The molecule has 28 heavy (non-hydrogen) atoms. The van der Waals surface area contributed by atoms with E-state index >= 15 is 0 Å². The zero-order valence-corrected chi connectivity index (χ0v) is 15.9. The van der Waals surface area contributed by atoms with Gasteiger partial charge in [0.15, 0.2) is 0 Å². The summed E-state index contributed by atoms with van der Waals surface area (Å²) in [5.74, 6) is -1.52. The average molecular weight is 403 g/mol. The van der Waals surface area contributed by atoms with Crippen LogP contribution in [0.25, 0.3) is 0 Å². The molecular formula is C18H24F3N3O4. The first-order chi connectivity index (χ1) is 12.8. The fraction of sp³-hybridized carbons (Fsp3) is 0.556. The molecule has 7 nitrogen and oxygen atoms in total. The summed E-state index contributed by atoms with van der Waals surface area (Å²) in [5.41, 5.74) is 3.04. The van der Waals surface area contributed by atoms with Gasteiger partial charge in [0.2, 0.25) is 0 Å². The van der Waals surface area contributed by atoms with E-state index < -0.39 is 35.0 Å². The summed E-state index contributed by atoms with van der Waals surface area (Å²) >= 11 is 0. The zero-order valence-electron chi connectivity index (χ0n) is 15.9. The molecule has 0 unspecified atom stereocenters. The molecule has 0 spiro atoms. The van der Waals surface area contributed by atoms with Gasteiger partial charge in [0.05, 0.1) is 11.1 Å². The molecule has 0 bridgehead atoms. The summed E-state index contributed by atoms with van der Waals surface area (Å²) in [7, 11) is 0. The second-order valence-corrected chi connectivity index (χ2v) is 7.77. The van der Waals surface area contributed by atoms with Gasteiger partial charge in [-0.2, -0.15) is 13.2 Å². The predicted octanol–water partition coefficient (Wildman–Crippen LogP) is 3.08. The number of hydrogen-bond donors (Lipinski definition) is 3. The normalized spacial score (nSPS) is 18.1. The minimum absolute atomic E-state index is 0.0640. The van der Waals surface area contributed by atoms with E-state index in [1.54, 1.807) is 25.7 Å². The van der Waals surface area contributed by atoms with Crippen LogP contribution in [-0.2, 0) is 17.5 Å². The van der Waals surface area contributed by atoms with Gasteiger partial charge in [-0.05, 0) is 44.9 Å². The van der Waals surface area contributed by atoms with E-state index in [4.69, 9.17) is 15.6 Å². The van der Waals surface area contributed by atoms with Gasteiger partial charge < -0.3 is 20.9 Å². The molecule has 1 aliphatic heterocycles. The second-order valence-electron chi connectivity index (χ2n) is 7.77. The zero-order chi connectivity index (χ0) is 21.3. The third kappa shape index (κ3) is 5.75. The molecule has 156 valence electrons. The first-order valence-electron chi connectivity index (χ1n) is 8.71. The van der Waals surface area contributed by atoms with Crippen LogP contribution in [-0.4, -0.2) is 46.8 Å². The number of alkyl halides is 3. The van der Waals surface area contributed by atoms with Gasteiger partial charge >= 0.3 is 18.2 Å². The third-order valence-corrected chi connectivity index (χ3v) is 4.20. The number of nitrogens with one attached hydrogen (secondary N) is 1. The van der Waals surface area contributed by atoms with E-state index in [1.807, 2.05) is 0 Å². The summed E-state index contributed by atoms with van der Waals surface area (Å²) < 4.78 is 45.3. The van der Waals surface area contributed by atoms with Crippen LogP contribution in [0.15, 0.2) is 12.1 Å². The number of nitrogens with zero attached hydrogens (tertiary/aromatic N) is 1. The number of carbonyl (C=O) groups excluding carboxylic acids is 1. The Kier molecular flexibility index (Phi) is 6.12. The van der Waals surface area contributed by atoms with Crippen molar-refractivity contribution < 1.29 is 32.6 Å². The highest BCUT2D eigenvalue weighted by Crippen LogP contribution is 2.35. The molecule has 0 saturated carbocycles. The number of nitrogens with two attached hydrogens (primary N) is 1. The van der Waals surface area contributed by atoms with Crippen LogP contribution >= 0.6 is 0 Å². The summed E-state index contributed by atoms with van der Waals surface area (Å²) in [5, 5.41) is 11.7. The fourth-order valence-corrected chi connectivity index (χ4v) is 3.05. The van der Waals surface area contributed by atoms with Crippen molar-refractivity contribution in [2.24, 2.45) is 0 Å². The third-order valence-electron chi connectivity index (χ3n) is 4.20. The largest absolute Gasteiger partial charge is 0.478 e. The Morgan fingerprint density at radius 1 is 1.32 bits per heavy atom. The molecular weight excluding hydrogens is 379 g/mol. The number of amides is 1. The number of ether oxygens (including phenoxy) is 1. The van der Waals surface area contributed by atoms with Crippen LogP contribution in [0, 0.1) is 0 Å². The highest BCUT2D eigenvalue weighted by Gasteiger charge is 2.36. The number of carboxylic acids is 1. The lowest BCUT2D eigenvalue weighted by Gasteiger charge is -2.22. The van der Waals surface area contributed by atoms with Crippen molar-refractivity contribution in [3.63, 3.8) is 0 Å². The number of rotatable bonds is 4. The number of aromatic carboxylic acids is 1. The van der Waals surface area contributed by atoms with E-state index in [2.05, 4.69) is 5.32 Å². The molecule has 1 saturated heterocycles. The predicted molar refractivity (Wildman–Crippen MR) is 95.9 cm³/mol. The fourth-order valence-electron chi connectivity index (χ4n) is 3.05. The Bertz CT molecular complexity index is 760. The second kappa shape index (κ2) is 7.86. The van der Waals surface area contributed by atoms with E-state index in [0.717, 1.165) is 6.07 Å². The Morgan fingerprint density at radius 2 is 1.96 bits per heavy atom. The van der Waals surface area contributed by atoms with Crippen molar-refractivity contribution in [2.45, 2.75) is 51.6 Å². The molecule has 1 aromatic carbocycles. The van der Waals surface area contributed by atoms with Gasteiger partial charge in [0.25, 0.3) is 0 Å². The number of likely N-dealkylation sites (tertiary alicyclic amines) is 1. The van der Waals surface area contributed by atoms with E-state index in [0.29, 0.717) is 25.6 Å². The van der Waals surface area contributed by atoms with Crippen molar-refractivity contribution in [1.29, 1.82) is 0 Å². The number of carbonyl (C=O) groups is 2. The number of halogens is 3. The first kappa shape index (κ1) is 21.8. The molecule has 1 amide bonds. The van der Waals surface area contributed by atoms with E-state index in [9.17, 15) is 22.8 Å². The molecule has 0 aromatic heterocycles. The summed E-state index contributed by atoms with van der Waals surface area (Å²) in [6, 6.07) is 1.38. The van der Waals surface area contributed by atoms with Gasteiger partial charge in [-0.25, -0.2) is 9.59 Å².